The summed E-state index contributed by atoms with van der Waals surface area (Å²) in [7, 11) is 0. The maximum atomic E-state index is 12.3. The topological polar surface area (TPSA) is 32.8 Å². The van der Waals surface area contributed by atoms with Crippen LogP contribution in [-0.4, -0.2) is 54.0 Å². The van der Waals surface area contributed by atoms with Gasteiger partial charge in [-0.1, -0.05) is 17.7 Å². The molecule has 3 aliphatic rings. The first-order valence-electron chi connectivity index (χ1n) is 9.23. The SMILES string of the molecule is Cc1cc2c(cc1Cl)C=CC1(CCN(CC(=O)N3CCCC3)CC1)O2. The molecule has 1 spiro atoms. The second kappa shape index (κ2) is 6.65. The van der Waals surface area contributed by atoms with Crippen molar-refractivity contribution in [3.05, 3.63) is 34.4 Å². The van der Waals surface area contributed by atoms with Crippen LogP contribution >= 0.6 is 11.6 Å². The molecule has 5 heteroatoms. The van der Waals surface area contributed by atoms with Gasteiger partial charge < -0.3 is 9.64 Å². The lowest BCUT2D eigenvalue weighted by molar-refractivity contribution is -0.132. The van der Waals surface area contributed by atoms with Crippen LogP contribution in [0, 0.1) is 6.92 Å². The molecule has 0 unspecified atom stereocenters. The Balaban J connectivity index is 1.38. The van der Waals surface area contributed by atoms with Crippen molar-refractivity contribution < 1.29 is 9.53 Å². The molecule has 2 saturated heterocycles. The number of rotatable bonds is 2. The number of amides is 1. The number of likely N-dealkylation sites (tertiary alicyclic amines) is 2. The van der Waals surface area contributed by atoms with Crippen LogP contribution in [0.25, 0.3) is 6.08 Å². The highest BCUT2D eigenvalue weighted by atomic mass is 35.5. The van der Waals surface area contributed by atoms with Gasteiger partial charge in [-0.3, -0.25) is 9.69 Å². The molecule has 1 aromatic carbocycles. The zero-order valence-corrected chi connectivity index (χ0v) is 15.5. The molecule has 0 N–H and O–H groups in total. The van der Waals surface area contributed by atoms with Gasteiger partial charge in [0.25, 0.3) is 0 Å². The van der Waals surface area contributed by atoms with E-state index in [0.29, 0.717) is 6.54 Å². The molecule has 25 heavy (non-hydrogen) atoms. The van der Waals surface area contributed by atoms with Crippen molar-refractivity contribution in [3.8, 4) is 5.75 Å². The van der Waals surface area contributed by atoms with Crippen LogP contribution < -0.4 is 4.74 Å². The molecule has 1 amide bonds. The van der Waals surface area contributed by atoms with Crippen molar-refractivity contribution in [2.24, 2.45) is 0 Å². The van der Waals surface area contributed by atoms with E-state index in [1.54, 1.807) is 0 Å². The molecule has 3 heterocycles. The third-order valence-electron chi connectivity index (χ3n) is 5.69. The van der Waals surface area contributed by atoms with Gasteiger partial charge >= 0.3 is 0 Å². The minimum atomic E-state index is -0.236. The Bertz CT molecular complexity index is 702. The Hall–Kier alpha value is -1.52. The van der Waals surface area contributed by atoms with Gasteiger partial charge in [-0.15, -0.1) is 0 Å². The second-order valence-corrected chi connectivity index (χ2v) is 7.91. The lowest BCUT2D eigenvalue weighted by atomic mass is 9.88. The third-order valence-corrected chi connectivity index (χ3v) is 6.10. The van der Waals surface area contributed by atoms with Crippen LogP contribution in [0.1, 0.15) is 36.8 Å². The summed E-state index contributed by atoms with van der Waals surface area (Å²) in [5.41, 5.74) is 1.85. The molecule has 0 atom stereocenters. The zero-order chi connectivity index (χ0) is 17.4. The fraction of sp³-hybridized carbons (Fsp3) is 0.550. The minimum Gasteiger partial charge on any atom is -0.482 e. The molecule has 0 bridgehead atoms. The summed E-state index contributed by atoms with van der Waals surface area (Å²) in [6, 6.07) is 4.01. The van der Waals surface area contributed by atoms with Gasteiger partial charge in [0.05, 0.1) is 6.54 Å². The van der Waals surface area contributed by atoms with E-state index in [2.05, 4.69) is 17.1 Å². The van der Waals surface area contributed by atoms with Gasteiger partial charge in [-0.2, -0.15) is 0 Å². The number of aryl methyl sites for hydroxylation is 1. The van der Waals surface area contributed by atoms with E-state index in [9.17, 15) is 4.79 Å². The third kappa shape index (κ3) is 3.42. The smallest absolute Gasteiger partial charge is 0.236 e. The first kappa shape index (κ1) is 16.9. The number of hydrogen-bond donors (Lipinski definition) is 0. The Labute approximate surface area is 154 Å². The van der Waals surface area contributed by atoms with Crippen molar-refractivity contribution >= 4 is 23.6 Å². The molecule has 2 fully saturated rings. The maximum Gasteiger partial charge on any atom is 0.236 e. The Morgan fingerprint density at radius 3 is 2.64 bits per heavy atom. The summed E-state index contributed by atoms with van der Waals surface area (Å²) in [5.74, 6) is 1.20. The molecule has 1 aromatic rings. The summed E-state index contributed by atoms with van der Waals surface area (Å²) in [4.78, 5) is 16.6. The number of benzene rings is 1. The molecule has 0 radical (unpaired) electrons. The molecule has 0 aromatic heterocycles. The van der Waals surface area contributed by atoms with Crippen LogP contribution in [-0.2, 0) is 4.79 Å². The Kier molecular flexibility index (Phi) is 4.50. The molecule has 134 valence electrons. The van der Waals surface area contributed by atoms with Gasteiger partial charge in [0.15, 0.2) is 0 Å². The monoisotopic (exact) mass is 360 g/mol. The Morgan fingerprint density at radius 2 is 1.92 bits per heavy atom. The fourth-order valence-electron chi connectivity index (χ4n) is 4.00. The van der Waals surface area contributed by atoms with Crippen molar-refractivity contribution in [2.45, 2.75) is 38.2 Å². The van der Waals surface area contributed by atoms with Crippen molar-refractivity contribution in [1.82, 2.24) is 9.80 Å². The normalized spacial score (nSPS) is 22.1. The number of carbonyl (C=O) groups is 1. The van der Waals surface area contributed by atoms with Gasteiger partial charge in [-0.05, 0) is 43.5 Å². The minimum absolute atomic E-state index is 0.236. The number of hydrogen-bond acceptors (Lipinski definition) is 3. The van der Waals surface area contributed by atoms with E-state index < -0.39 is 0 Å². The fourth-order valence-corrected chi connectivity index (χ4v) is 4.17. The van der Waals surface area contributed by atoms with Crippen LogP contribution in [0.5, 0.6) is 5.75 Å². The van der Waals surface area contributed by atoms with E-state index in [4.69, 9.17) is 16.3 Å². The average Bonchev–Trinajstić information content (AvgIpc) is 3.13. The number of ether oxygens (including phenoxy) is 1. The second-order valence-electron chi connectivity index (χ2n) is 7.50. The van der Waals surface area contributed by atoms with Crippen LogP contribution in [0.15, 0.2) is 18.2 Å². The highest BCUT2D eigenvalue weighted by Crippen LogP contribution is 2.39. The predicted octanol–water partition coefficient (Wildman–Crippen LogP) is 3.51. The van der Waals surface area contributed by atoms with Crippen LogP contribution in [0.3, 0.4) is 0 Å². The number of carbonyl (C=O) groups excluding carboxylic acids is 1. The molecule has 0 aliphatic carbocycles. The molecular weight excluding hydrogens is 336 g/mol. The summed E-state index contributed by atoms with van der Waals surface area (Å²) in [6.45, 7) is 6.20. The first-order chi connectivity index (χ1) is 12.0. The highest BCUT2D eigenvalue weighted by Gasteiger charge is 2.37. The highest BCUT2D eigenvalue weighted by molar-refractivity contribution is 6.31. The average molecular weight is 361 g/mol. The standard InChI is InChI=1S/C20H25ClN2O2/c1-15-12-18-16(13-17(15)21)4-5-20(25-18)6-10-22(11-7-20)14-19(24)23-8-2-3-9-23/h4-5,12-13H,2-3,6-11,14H2,1H3. The van der Waals surface area contributed by atoms with Crippen LogP contribution in [0.4, 0.5) is 0 Å². The predicted molar refractivity (Wildman–Crippen MR) is 100 cm³/mol. The van der Waals surface area contributed by atoms with Crippen molar-refractivity contribution in [1.29, 1.82) is 0 Å². The number of nitrogens with zero attached hydrogens (tertiary/aromatic N) is 2. The number of halogens is 1. The summed E-state index contributed by atoms with van der Waals surface area (Å²) >= 11 is 6.21. The summed E-state index contributed by atoms with van der Waals surface area (Å²) in [6.07, 6.45) is 8.44. The van der Waals surface area contributed by atoms with Crippen LogP contribution in [0.2, 0.25) is 5.02 Å². The molecule has 4 nitrogen and oxygen atoms in total. The molecule has 3 aliphatic heterocycles. The summed E-state index contributed by atoms with van der Waals surface area (Å²) < 4.78 is 6.38. The van der Waals surface area contributed by atoms with Crippen molar-refractivity contribution in [2.75, 3.05) is 32.7 Å². The molecule has 4 rings (SSSR count). The quantitative estimate of drug-likeness (QED) is 0.809. The number of fused-ring (bicyclic) bond motifs is 1. The molecule has 0 saturated carbocycles. The largest absolute Gasteiger partial charge is 0.482 e. The van der Waals surface area contributed by atoms with Gasteiger partial charge in [0.1, 0.15) is 11.4 Å². The first-order valence-corrected chi connectivity index (χ1v) is 9.61. The lowest BCUT2D eigenvalue weighted by Gasteiger charge is -2.42. The Morgan fingerprint density at radius 1 is 1.20 bits per heavy atom. The van der Waals surface area contributed by atoms with E-state index in [1.807, 2.05) is 24.0 Å². The lowest BCUT2D eigenvalue weighted by Crippen LogP contribution is -2.50. The van der Waals surface area contributed by atoms with E-state index in [1.165, 1.54) is 0 Å². The zero-order valence-electron chi connectivity index (χ0n) is 14.8. The van der Waals surface area contributed by atoms with Gasteiger partial charge in [0.2, 0.25) is 5.91 Å². The molecular formula is C20H25ClN2O2. The van der Waals surface area contributed by atoms with E-state index in [0.717, 1.165) is 73.8 Å². The van der Waals surface area contributed by atoms with E-state index >= 15 is 0 Å². The van der Waals surface area contributed by atoms with Crippen molar-refractivity contribution in [3.63, 3.8) is 0 Å². The maximum absolute atomic E-state index is 12.3. The van der Waals surface area contributed by atoms with Gasteiger partial charge in [0, 0.05) is 49.6 Å². The number of piperidine rings is 1. The van der Waals surface area contributed by atoms with E-state index in [-0.39, 0.29) is 11.5 Å². The summed E-state index contributed by atoms with van der Waals surface area (Å²) in [5, 5.41) is 0.776. The van der Waals surface area contributed by atoms with Gasteiger partial charge in [-0.25, -0.2) is 0 Å².